The van der Waals surface area contributed by atoms with Crippen LogP contribution in [0.2, 0.25) is 0 Å². The van der Waals surface area contributed by atoms with Gasteiger partial charge in [0.2, 0.25) is 5.88 Å². The number of anilines is 1. The lowest BCUT2D eigenvalue weighted by atomic mass is 10.2. The first-order chi connectivity index (χ1) is 10.1. The monoisotopic (exact) mass is 282 g/mol. The maximum Gasteiger partial charge on any atom is 0.250 e. The van der Waals surface area contributed by atoms with Gasteiger partial charge < -0.3 is 4.52 Å². The number of para-hydroxylation sites is 1. The molecule has 1 amide bonds. The standard InChI is InChI=1S/C15H14N4O2/c1-9-10(2)19-21-15(9)16-14(20)8-7-13-11-5-3-4-6-12(11)17-18-13/h3-8H,1-2H3,(H,16,20)(H,17,18)/b8-7+. The molecule has 0 atom stereocenters. The van der Waals surface area contributed by atoms with Gasteiger partial charge in [-0.1, -0.05) is 23.4 Å². The van der Waals surface area contributed by atoms with Gasteiger partial charge in [0, 0.05) is 17.0 Å². The van der Waals surface area contributed by atoms with Crippen LogP contribution in [0.4, 0.5) is 5.88 Å². The number of hydrogen-bond donors (Lipinski definition) is 2. The zero-order valence-electron chi connectivity index (χ0n) is 11.7. The molecule has 0 radical (unpaired) electrons. The minimum Gasteiger partial charge on any atom is -0.338 e. The summed E-state index contributed by atoms with van der Waals surface area (Å²) in [7, 11) is 0. The summed E-state index contributed by atoms with van der Waals surface area (Å²) < 4.78 is 5.04. The van der Waals surface area contributed by atoms with Gasteiger partial charge in [-0.3, -0.25) is 15.2 Å². The summed E-state index contributed by atoms with van der Waals surface area (Å²) in [6.45, 7) is 3.66. The quantitative estimate of drug-likeness (QED) is 0.723. The van der Waals surface area contributed by atoms with E-state index in [9.17, 15) is 4.79 Å². The Morgan fingerprint density at radius 3 is 2.90 bits per heavy atom. The summed E-state index contributed by atoms with van der Waals surface area (Å²) in [5.41, 5.74) is 3.22. The van der Waals surface area contributed by atoms with E-state index in [1.165, 1.54) is 6.08 Å². The molecule has 0 unspecified atom stereocenters. The molecule has 21 heavy (non-hydrogen) atoms. The molecule has 2 N–H and O–H groups in total. The zero-order valence-corrected chi connectivity index (χ0v) is 11.7. The highest BCUT2D eigenvalue weighted by Gasteiger charge is 2.10. The summed E-state index contributed by atoms with van der Waals surface area (Å²) in [5.74, 6) is 0.0790. The normalized spacial score (nSPS) is 11.3. The predicted octanol–water partition coefficient (Wildman–Crippen LogP) is 2.82. The van der Waals surface area contributed by atoms with Crippen molar-refractivity contribution >= 4 is 28.8 Å². The Balaban J connectivity index is 1.76. The largest absolute Gasteiger partial charge is 0.338 e. The second kappa shape index (κ2) is 5.24. The Labute approximate surface area is 120 Å². The molecule has 0 aliphatic rings. The SMILES string of the molecule is Cc1noc(NC(=O)/C=C/c2n[nH]c3ccccc23)c1C. The zero-order chi connectivity index (χ0) is 14.8. The molecular weight excluding hydrogens is 268 g/mol. The minimum absolute atomic E-state index is 0.290. The number of nitrogens with zero attached hydrogens (tertiary/aromatic N) is 2. The van der Waals surface area contributed by atoms with Crippen molar-refractivity contribution in [3.05, 3.63) is 47.3 Å². The van der Waals surface area contributed by atoms with Crippen LogP contribution in [0.25, 0.3) is 17.0 Å². The summed E-state index contributed by atoms with van der Waals surface area (Å²) in [6.07, 6.45) is 3.08. The van der Waals surface area contributed by atoms with Crippen LogP contribution in [0.3, 0.4) is 0 Å². The second-order valence-electron chi connectivity index (χ2n) is 4.70. The number of H-pyrrole nitrogens is 1. The lowest BCUT2D eigenvalue weighted by Gasteiger charge is -1.96. The van der Waals surface area contributed by atoms with Gasteiger partial charge in [-0.05, 0) is 26.0 Å². The number of fused-ring (bicyclic) bond motifs is 1. The number of aromatic nitrogens is 3. The van der Waals surface area contributed by atoms with Gasteiger partial charge in [-0.25, -0.2) is 0 Å². The minimum atomic E-state index is -0.290. The van der Waals surface area contributed by atoms with Crippen molar-refractivity contribution in [3.63, 3.8) is 0 Å². The molecule has 0 saturated carbocycles. The first kappa shape index (κ1) is 13.1. The van der Waals surface area contributed by atoms with Crippen molar-refractivity contribution in [1.82, 2.24) is 15.4 Å². The van der Waals surface area contributed by atoms with Crippen molar-refractivity contribution in [2.75, 3.05) is 5.32 Å². The molecule has 0 fully saturated rings. The number of rotatable bonds is 3. The summed E-state index contributed by atoms with van der Waals surface area (Å²) in [4.78, 5) is 11.9. The highest BCUT2D eigenvalue weighted by molar-refractivity contribution is 6.02. The van der Waals surface area contributed by atoms with Gasteiger partial charge in [0.25, 0.3) is 5.91 Å². The topological polar surface area (TPSA) is 83.8 Å². The number of aryl methyl sites for hydroxylation is 1. The number of nitrogens with one attached hydrogen (secondary N) is 2. The Hall–Kier alpha value is -2.89. The molecule has 0 saturated heterocycles. The number of aromatic amines is 1. The van der Waals surface area contributed by atoms with Crippen molar-refractivity contribution in [2.45, 2.75) is 13.8 Å². The summed E-state index contributed by atoms with van der Waals surface area (Å²) >= 11 is 0. The summed E-state index contributed by atoms with van der Waals surface area (Å²) in [6, 6.07) is 7.73. The molecule has 0 bridgehead atoms. The molecule has 6 nitrogen and oxygen atoms in total. The second-order valence-corrected chi connectivity index (χ2v) is 4.70. The molecular formula is C15H14N4O2. The van der Waals surface area contributed by atoms with E-state index in [1.807, 2.05) is 38.1 Å². The van der Waals surface area contributed by atoms with E-state index in [0.717, 1.165) is 22.2 Å². The van der Waals surface area contributed by atoms with E-state index in [4.69, 9.17) is 4.52 Å². The van der Waals surface area contributed by atoms with Crippen LogP contribution in [0.15, 0.2) is 34.9 Å². The van der Waals surface area contributed by atoms with E-state index in [2.05, 4.69) is 20.7 Å². The number of benzene rings is 1. The first-order valence-electron chi connectivity index (χ1n) is 6.50. The van der Waals surface area contributed by atoms with E-state index in [-0.39, 0.29) is 5.91 Å². The van der Waals surface area contributed by atoms with Crippen LogP contribution in [0.1, 0.15) is 17.0 Å². The number of hydrogen-bond acceptors (Lipinski definition) is 4. The average Bonchev–Trinajstić information content (AvgIpc) is 3.04. The van der Waals surface area contributed by atoms with Gasteiger partial charge in [0.15, 0.2) is 0 Å². The Kier molecular flexibility index (Phi) is 3.27. The molecule has 0 aliphatic heterocycles. The van der Waals surface area contributed by atoms with Crippen molar-refractivity contribution in [2.24, 2.45) is 0 Å². The van der Waals surface area contributed by atoms with Gasteiger partial charge in [-0.2, -0.15) is 5.10 Å². The molecule has 0 aliphatic carbocycles. The first-order valence-corrected chi connectivity index (χ1v) is 6.50. The smallest absolute Gasteiger partial charge is 0.250 e. The lowest BCUT2D eigenvalue weighted by Crippen LogP contribution is -2.07. The maximum atomic E-state index is 11.9. The number of amides is 1. The Morgan fingerprint density at radius 2 is 2.14 bits per heavy atom. The average molecular weight is 282 g/mol. The van der Waals surface area contributed by atoms with E-state index in [0.29, 0.717) is 11.6 Å². The van der Waals surface area contributed by atoms with Crippen LogP contribution in [0.5, 0.6) is 0 Å². The van der Waals surface area contributed by atoms with Gasteiger partial charge in [0.1, 0.15) is 0 Å². The van der Waals surface area contributed by atoms with E-state index >= 15 is 0 Å². The fourth-order valence-corrected chi connectivity index (χ4v) is 1.95. The van der Waals surface area contributed by atoms with Crippen LogP contribution in [-0.4, -0.2) is 21.3 Å². The van der Waals surface area contributed by atoms with E-state index < -0.39 is 0 Å². The molecule has 106 valence electrons. The Bertz CT molecular complexity index is 829. The van der Waals surface area contributed by atoms with Crippen LogP contribution < -0.4 is 5.32 Å². The highest BCUT2D eigenvalue weighted by atomic mass is 16.5. The fraction of sp³-hybridized carbons (Fsp3) is 0.133. The molecule has 2 heterocycles. The third kappa shape index (κ3) is 2.55. The van der Waals surface area contributed by atoms with Crippen LogP contribution in [-0.2, 0) is 4.79 Å². The van der Waals surface area contributed by atoms with Gasteiger partial charge >= 0.3 is 0 Å². The van der Waals surface area contributed by atoms with Crippen molar-refractivity contribution in [1.29, 1.82) is 0 Å². The van der Waals surface area contributed by atoms with Crippen LogP contribution >= 0.6 is 0 Å². The Morgan fingerprint density at radius 1 is 1.33 bits per heavy atom. The molecule has 3 rings (SSSR count). The van der Waals surface area contributed by atoms with E-state index in [1.54, 1.807) is 6.08 Å². The molecule has 3 aromatic rings. The lowest BCUT2D eigenvalue weighted by molar-refractivity contribution is -0.112. The number of carbonyl (C=O) groups is 1. The van der Waals surface area contributed by atoms with Gasteiger partial charge in [0.05, 0.1) is 16.9 Å². The fourth-order valence-electron chi connectivity index (χ4n) is 1.95. The van der Waals surface area contributed by atoms with Crippen molar-refractivity contribution in [3.8, 4) is 0 Å². The molecule has 0 spiro atoms. The van der Waals surface area contributed by atoms with Crippen LogP contribution in [0, 0.1) is 13.8 Å². The van der Waals surface area contributed by atoms with Crippen molar-refractivity contribution < 1.29 is 9.32 Å². The highest BCUT2D eigenvalue weighted by Crippen LogP contribution is 2.18. The number of carbonyl (C=O) groups excluding carboxylic acids is 1. The third-order valence-electron chi connectivity index (χ3n) is 3.29. The summed E-state index contributed by atoms with van der Waals surface area (Å²) in [5, 5.41) is 14.5. The van der Waals surface area contributed by atoms with Gasteiger partial charge in [-0.15, -0.1) is 0 Å². The molecule has 2 aromatic heterocycles. The molecule has 6 heteroatoms. The molecule has 1 aromatic carbocycles. The predicted molar refractivity (Wildman–Crippen MR) is 79.7 cm³/mol. The third-order valence-corrected chi connectivity index (χ3v) is 3.29. The maximum absolute atomic E-state index is 11.9.